The Morgan fingerprint density at radius 1 is 1.38 bits per heavy atom. The summed E-state index contributed by atoms with van der Waals surface area (Å²) in [6, 6.07) is 8.12. The van der Waals surface area contributed by atoms with Crippen molar-refractivity contribution in [2.24, 2.45) is 5.73 Å². The van der Waals surface area contributed by atoms with Crippen molar-refractivity contribution in [1.29, 1.82) is 0 Å². The van der Waals surface area contributed by atoms with Crippen LogP contribution in [-0.4, -0.2) is 18.1 Å². The molecule has 1 aromatic heterocycles. The first-order chi connectivity index (χ1) is 7.70. The van der Waals surface area contributed by atoms with Crippen LogP contribution >= 0.6 is 0 Å². The second kappa shape index (κ2) is 4.49. The Morgan fingerprint density at radius 2 is 2.19 bits per heavy atom. The number of hydrogen-bond acceptors (Lipinski definition) is 3. The van der Waals surface area contributed by atoms with E-state index in [-0.39, 0.29) is 6.04 Å². The van der Waals surface area contributed by atoms with Gasteiger partial charge in [-0.05, 0) is 36.6 Å². The topological polar surface area (TPSA) is 48.1 Å². The maximum absolute atomic E-state index is 5.81. The van der Waals surface area contributed by atoms with Crippen molar-refractivity contribution in [3.63, 3.8) is 0 Å². The fourth-order valence-electron chi connectivity index (χ4n) is 1.81. The quantitative estimate of drug-likeness (QED) is 0.855. The number of pyridine rings is 1. The van der Waals surface area contributed by atoms with Gasteiger partial charge in [0.25, 0.3) is 0 Å². The molecule has 84 valence electrons. The van der Waals surface area contributed by atoms with Crippen LogP contribution in [0.2, 0.25) is 0 Å². The normalized spacial score (nSPS) is 12.7. The molecular weight excluding hydrogens is 200 g/mol. The highest BCUT2D eigenvalue weighted by molar-refractivity contribution is 5.85. The van der Waals surface area contributed by atoms with Gasteiger partial charge in [-0.25, -0.2) is 0 Å². The Kier molecular flexibility index (Phi) is 3.06. The molecule has 2 N–H and O–H groups in total. The molecule has 3 nitrogen and oxygen atoms in total. The molecule has 0 saturated heterocycles. The molecule has 0 saturated carbocycles. The average molecular weight is 216 g/mol. The van der Waals surface area contributed by atoms with E-state index >= 15 is 0 Å². The van der Waals surface area contributed by atoms with E-state index in [0.29, 0.717) is 0 Å². The minimum atomic E-state index is 0.125. The third-order valence-electron chi connectivity index (χ3n) is 2.57. The number of nitrogens with two attached hydrogens (primary N) is 1. The van der Waals surface area contributed by atoms with Gasteiger partial charge in [0.15, 0.2) is 0 Å². The van der Waals surface area contributed by atoms with Crippen molar-refractivity contribution in [1.82, 2.24) is 4.98 Å². The smallest absolute Gasteiger partial charge is 0.119 e. The summed E-state index contributed by atoms with van der Waals surface area (Å²) in [6.45, 7) is 1.99. The molecule has 3 heteroatoms. The summed E-state index contributed by atoms with van der Waals surface area (Å²) in [6.07, 6.45) is 2.61. The van der Waals surface area contributed by atoms with E-state index in [4.69, 9.17) is 10.5 Å². The van der Waals surface area contributed by atoms with Crippen molar-refractivity contribution in [2.75, 3.05) is 7.11 Å². The van der Waals surface area contributed by atoms with E-state index in [2.05, 4.69) is 4.98 Å². The monoisotopic (exact) mass is 216 g/mol. The molecule has 1 heterocycles. The number of hydrogen-bond donors (Lipinski definition) is 1. The molecule has 16 heavy (non-hydrogen) atoms. The molecule has 2 aromatic rings. The predicted octanol–water partition coefficient (Wildman–Crippen LogP) is 2.13. The van der Waals surface area contributed by atoms with Gasteiger partial charge >= 0.3 is 0 Å². The third-order valence-corrected chi connectivity index (χ3v) is 2.57. The second-order valence-electron chi connectivity index (χ2n) is 4.03. The van der Waals surface area contributed by atoms with Gasteiger partial charge < -0.3 is 10.5 Å². The van der Waals surface area contributed by atoms with Crippen LogP contribution in [-0.2, 0) is 6.42 Å². The zero-order chi connectivity index (χ0) is 11.5. The van der Waals surface area contributed by atoms with Gasteiger partial charge in [-0.2, -0.15) is 0 Å². The van der Waals surface area contributed by atoms with E-state index in [9.17, 15) is 0 Å². The van der Waals surface area contributed by atoms with Gasteiger partial charge in [-0.3, -0.25) is 4.98 Å². The van der Waals surface area contributed by atoms with Gasteiger partial charge in [0.1, 0.15) is 5.75 Å². The van der Waals surface area contributed by atoms with Crippen molar-refractivity contribution >= 4 is 10.8 Å². The SMILES string of the molecule is COc1ccc2c(CC(C)N)nccc2c1. The summed E-state index contributed by atoms with van der Waals surface area (Å²) < 4.78 is 5.20. The van der Waals surface area contributed by atoms with Crippen LogP contribution in [0.3, 0.4) is 0 Å². The lowest BCUT2D eigenvalue weighted by Gasteiger charge is -2.09. The molecule has 0 aliphatic heterocycles. The molecule has 0 bridgehead atoms. The number of rotatable bonds is 3. The van der Waals surface area contributed by atoms with Crippen molar-refractivity contribution in [3.8, 4) is 5.75 Å². The van der Waals surface area contributed by atoms with Gasteiger partial charge in [-0.15, -0.1) is 0 Å². The van der Waals surface area contributed by atoms with Gasteiger partial charge in [0.2, 0.25) is 0 Å². The number of nitrogens with zero attached hydrogens (tertiary/aromatic N) is 1. The third kappa shape index (κ3) is 2.14. The molecule has 1 atom stereocenters. The molecule has 1 unspecified atom stereocenters. The maximum Gasteiger partial charge on any atom is 0.119 e. The van der Waals surface area contributed by atoms with Crippen LogP contribution in [0.15, 0.2) is 30.5 Å². The minimum Gasteiger partial charge on any atom is -0.497 e. The number of fused-ring (bicyclic) bond motifs is 1. The Balaban J connectivity index is 2.51. The molecule has 2 rings (SSSR count). The van der Waals surface area contributed by atoms with Crippen LogP contribution in [0.5, 0.6) is 5.75 Å². The highest BCUT2D eigenvalue weighted by Gasteiger charge is 2.05. The Morgan fingerprint density at radius 3 is 2.88 bits per heavy atom. The maximum atomic E-state index is 5.81. The van der Waals surface area contributed by atoms with Crippen molar-refractivity contribution in [2.45, 2.75) is 19.4 Å². The number of aromatic nitrogens is 1. The van der Waals surface area contributed by atoms with Crippen LogP contribution in [0.1, 0.15) is 12.6 Å². The van der Waals surface area contributed by atoms with Crippen LogP contribution in [0.25, 0.3) is 10.8 Å². The van der Waals surface area contributed by atoms with E-state index in [0.717, 1.165) is 28.6 Å². The first-order valence-electron chi connectivity index (χ1n) is 5.38. The average Bonchev–Trinajstić information content (AvgIpc) is 2.28. The molecule has 0 spiro atoms. The first-order valence-corrected chi connectivity index (χ1v) is 5.38. The predicted molar refractivity (Wildman–Crippen MR) is 65.6 cm³/mol. The molecular formula is C13H16N2O. The first kappa shape index (κ1) is 10.9. The number of methoxy groups -OCH3 is 1. The van der Waals surface area contributed by atoms with Crippen LogP contribution < -0.4 is 10.5 Å². The minimum absolute atomic E-state index is 0.125. The van der Waals surface area contributed by atoms with Crippen molar-refractivity contribution in [3.05, 3.63) is 36.2 Å². The van der Waals surface area contributed by atoms with Crippen LogP contribution in [0, 0.1) is 0 Å². The summed E-state index contributed by atoms with van der Waals surface area (Å²) in [5.41, 5.74) is 6.86. The molecule has 0 fully saturated rings. The van der Waals surface area contributed by atoms with E-state index in [1.54, 1.807) is 7.11 Å². The van der Waals surface area contributed by atoms with Gasteiger partial charge in [0, 0.05) is 29.7 Å². The molecule has 1 aromatic carbocycles. The Bertz CT molecular complexity index is 494. The van der Waals surface area contributed by atoms with E-state index in [1.165, 1.54) is 0 Å². The molecule has 0 radical (unpaired) electrons. The van der Waals surface area contributed by atoms with Gasteiger partial charge in [0.05, 0.1) is 7.11 Å². The standard InChI is InChI=1S/C13H16N2O/c1-9(14)7-13-12-4-3-11(16-2)8-10(12)5-6-15-13/h3-6,8-9H,7,14H2,1-2H3. The number of ether oxygens (including phenoxy) is 1. The molecule has 0 amide bonds. The lowest BCUT2D eigenvalue weighted by atomic mass is 10.1. The highest BCUT2D eigenvalue weighted by Crippen LogP contribution is 2.22. The fraction of sp³-hybridized carbons (Fsp3) is 0.308. The Hall–Kier alpha value is -1.61. The lowest BCUT2D eigenvalue weighted by Crippen LogP contribution is -2.18. The number of benzene rings is 1. The van der Waals surface area contributed by atoms with Crippen LogP contribution in [0.4, 0.5) is 0 Å². The summed E-state index contributed by atoms with van der Waals surface area (Å²) >= 11 is 0. The van der Waals surface area contributed by atoms with Crippen molar-refractivity contribution < 1.29 is 4.74 Å². The highest BCUT2D eigenvalue weighted by atomic mass is 16.5. The van der Waals surface area contributed by atoms with Gasteiger partial charge in [-0.1, -0.05) is 0 Å². The fourth-order valence-corrected chi connectivity index (χ4v) is 1.81. The summed E-state index contributed by atoms with van der Waals surface area (Å²) in [4.78, 5) is 4.38. The van der Waals surface area contributed by atoms with E-state index < -0.39 is 0 Å². The summed E-state index contributed by atoms with van der Waals surface area (Å²) in [5.74, 6) is 0.866. The zero-order valence-corrected chi connectivity index (χ0v) is 9.60. The second-order valence-corrected chi connectivity index (χ2v) is 4.03. The zero-order valence-electron chi connectivity index (χ0n) is 9.60. The molecule has 0 aliphatic carbocycles. The Labute approximate surface area is 95.2 Å². The summed E-state index contributed by atoms with van der Waals surface area (Å²) in [5, 5.41) is 2.30. The molecule has 0 aliphatic rings. The largest absolute Gasteiger partial charge is 0.497 e. The lowest BCUT2D eigenvalue weighted by molar-refractivity contribution is 0.415. The van der Waals surface area contributed by atoms with E-state index in [1.807, 2.05) is 37.4 Å². The summed E-state index contributed by atoms with van der Waals surface area (Å²) in [7, 11) is 1.67.